The third-order valence-electron chi connectivity index (χ3n) is 2.84. The van der Waals surface area contributed by atoms with Crippen molar-refractivity contribution in [3.63, 3.8) is 0 Å². The zero-order chi connectivity index (χ0) is 9.42. The summed E-state index contributed by atoms with van der Waals surface area (Å²) in [6.07, 6.45) is 3.86. The fourth-order valence-electron chi connectivity index (χ4n) is 2.34. The van der Waals surface area contributed by atoms with E-state index in [-0.39, 0.29) is 0 Å². The van der Waals surface area contributed by atoms with Crippen molar-refractivity contribution in [1.82, 2.24) is 4.98 Å². The van der Waals surface area contributed by atoms with E-state index in [9.17, 15) is 5.11 Å². The molecule has 0 saturated heterocycles. The van der Waals surface area contributed by atoms with Crippen LogP contribution in [0.4, 0.5) is 0 Å². The Labute approximate surface area is 78.6 Å². The second-order valence-electron chi connectivity index (χ2n) is 4.14. The van der Waals surface area contributed by atoms with Crippen LogP contribution >= 0.6 is 0 Å². The Bertz CT molecular complexity index is 322. The van der Waals surface area contributed by atoms with Gasteiger partial charge in [-0.25, -0.2) is 0 Å². The largest absolute Gasteiger partial charge is 0.508 e. The van der Waals surface area contributed by atoms with Gasteiger partial charge in [-0.05, 0) is 30.7 Å². The number of aromatic hydroxyl groups is 1. The first-order valence-corrected chi connectivity index (χ1v) is 4.85. The molecule has 1 aliphatic rings. The van der Waals surface area contributed by atoms with Gasteiger partial charge in [0.2, 0.25) is 0 Å². The van der Waals surface area contributed by atoms with Crippen molar-refractivity contribution in [3.8, 4) is 5.75 Å². The van der Waals surface area contributed by atoms with Crippen LogP contribution < -0.4 is 0 Å². The van der Waals surface area contributed by atoms with E-state index in [0.29, 0.717) is 17.6 Å². The first-order chi connectivity index (χ1) is 6.18. The van der Waals surface area contributed by atoms with Crippen LogP contribution in [0, 0.1) is 5.92 Å². The molecule has 0 saturated carbocycles. The Morgan fingerprint density at radius 3 is 3.00 bits per heavy atom. The summed E-state index contributed by atoms with van der Waals surface area (Å²) < 4.78 is 0. The molecule has 0 aromatic carbocycles. The Kier molecular flexibility index (Phi) is 1.98. The number of nitrogens with zero attached hydrogens (tertiary/aromatic N) is 1. The molecule has 0 bridgehead atoms. The number of hydrogen-bond acceptors (Lipinski definition) is 2. The Morgan fingerprint density at radius 2 is 2.23 bits per heavy atom. The minimum absolute atomic E-state index is 0.421. The lowest BCUT2D eigenvalue weighted by atomic mass is 9.80. The van der Waals surface area contributed by atoms with E-state index in [0.717, 1.165) is 24.1 Å². The fraction of sp³-hybridized carbons (Fsp3) is 0.545. The first kappa shape index (κ1) is 8.54. The van der Waals surface area contributed by atoms with Gasteiger partial charge in [0.15, 0.2) is 0 Å². The van der Waals surface area contributed by atoms with Gasteiger partial charge in [0.1, 0.15) is 5.75 Å². The highest BCUT2D eigenvalue weighted by molar-refractivity contribution is 5.39. The van der Waals surface area contributed by atoms with Crippen LogP contribution in [0.5, 0.6) is 5.75 Å². The fourth-order valence-corrected chi connectivity index (χ4v) is 2.34. The summed E-state index contributed by atoms with van der Waals surface area (Å²) in [6.45, 7) is 4.40. The van der Waals surface area contributed by atoms with Crippen molar-refractivity contribution in [3.05, 3.63) is 23.5 Å². The van der Waals surface area contributed by atoms with Crippen molar-refractivity contribution in [2.24, 2.45) is 5.92 Å². The predicted molar refractivity (Wildman–Crippen MR) is 51.8 cm³/mol. The molecule has 1 aromatic rings. The van der Waals surface area contributed by atoms with Crippen LogP contribution in [0.2, 0.25) is 0 Å². The summed E-state index contributed by atoms with van der Waals surface area (Å²) in [4.78, 5) is 4.32. The van der Waals surface area contributed by atoms with Crippen molar-refractivity contribution in [2.45, 2.75) is 32.6 Å². The summed E-state index contributed by atoms with van der Waals surface area (Å²) >= 11 is 0. The van der Waals surface area contributed by atoms with Gasteiger partial charge in [-0.2, -0.15) is 0 Å². The van der Waals surface area contributed by atoms with E-state index < -0.39 is 0 Å². The summed E-state index contributed by atoms with van der Waals surface area (Å²) in [5, 5.41) is 9.67. The van der Waals surface area contributed by atoms with Gasteiger partial charge in [0, 0.05) is 17.5 Å². The maximum atomic E-state index is 9.67. The number of pyridine rings is 1. The van der Waals surface area contributed by atoms with Crippen LogP contribution in [0.1, 0.15) is 37.4 Å². The molecule has 1 aromatic heterocycles. The molecular weight excluding hydrogens is 162 g/mol. The first-order valence-electron chi connectivity index (χ1n) is 4.85. The molecule has 0 spiro atoms. The molecule has 0 amide bonds. The smallest absolute Gasteiger partial charge is 0.122 e. The lowest BCUT2D eigenvalue weighted by molar-refractivity contribution is 0.408. The van der Waals surface area contributed by atoms with Gasteiger partial charge in [-0.1, -0.05) is 13.8 Å². The Balaban J connectivity index is 2.49. The van der Waals surface area contributed by atoms with E-state index in [1.807, 2.05) is 0 Å². The van der Waals surface area contributed by atoms with Gasteiger partial charge in [0.25, 0.3) is 0 Å². The standard InChI is InChI=1S/C11H15NO/c1-7-5-8(2)11-9(6-7)12-4-3-10(11)13/h3-4,7-8H,5-6H2,1-2H3,(H,12,13)/t7-,8-/m1/s1. The van der Waals surface area contributed by atoms with Crippen molar-refractivity contribution < 1.29 is 5.11 Å². The van der Waals surface area contributed by atoms with Crippen molar-refractivity contribution in [1.29, 1.82) is 0 Å². The van der Waals surface area contributed by atoms with Gasteiger partial charge in [-0.15, -0.1) is 0 Å². The molecule has 1 heterocycles. The molecule has 0 radical (unpaired) electrons. The van der Waals surface area contributed by atoms with Gasteiger partial charge >= 0.3 is 0 Å². The van der Waals surface area contributed by atoms with Gasteiger partial charge < -0.3 is 5.11 Å². The van der Waals surface area contributed by atoms with Crippen LogP contribution in [-0.4, -0.2) is 10.1 Å². The number of aromatic nitrogens is 1. The zero-order valence-corrected chi connectivity index (χ0v) is 8.12. The molecule has 0 fully saturated rings. The molecule has 1 aliphatic carbocycles. The van der Waals surface area contributed by atoms with Crippen LogP contribution in [-0.2, 0) is 6.42 Å². The maximum Gasteiger partial charge on any atom is 0.122 e. The minimum atomic E-state index is 0.421. The second kappa shape index (κ2) is 3.02. The normalized spacial score (nSPS) is 26.9. The number of rotatable bonds is 0. The molecule has 2 atom stereocenters. The van der Waals surface area contributed by atoms with Crippen LogP contribution in [0.3, 0.4) is 0 Å². The monoisotopic (exact) mass is 177 g/mol. The highest BCUT2D eigenvalue weighted by atomic mass is 16.3. The average Bonchev–Trinajstić information content (AvgIpc) is 2.02. The van der Waals surface area contributed by atoms with E-state index in [4.69, 9.17) is 0 Å². The van der Waals surface area contributed by atoms with E-state index in [2.05, 4.69) is 18.8 Å². The summed E-state index contributed by atoms with van der Waals surface area (Å²) in [7, 11) is 0. The minimum Gasteiger partial charge on any atom is -0.508 e. The van der Waals surface area contributed by atoms with Gasteiger partial charge in [0.05, 0.1) is 0 Å². The third-order valence-corrected chi connectivity index (χ3v) is 2.84. The zero-order valence-electron chi connectivity index (χ0n) is 8.12. The Hall–Kier alpha value is -1.05. The average molecular weight is 177 g/mol. The summed E-state index contributed by atoms with van der Waals surface area (Å²) in [5.74, 6) is 1.56. The van der Waals surface area contributed by atoms with E-state index in [1.54, 1.807) is 12.3 Å². The highest BCUT2D eigenvalue weighted by Gasteiger charge is 2.24. The summed E-state index contributed by atoms with van der Waals surface area (Å²) in [6, 6.07) is 1.69. The lowest BCUT2D eigenvalue weighted by Gasteiger charge is -2.26. The second-order valence-corrected chi connectivity index (χ2v) is 4.14. The summed E-state index contributed by atoms with van der Waals surface area (Å²) in [5.41, 5.74) is 2.16. The Morgan fingerprint density at radius 1 is 1.46 bits per heavy atom. The molecular formula is C11H15NO. The topological polar surface area (TPSA) is 33.1 Å². The number of hydrogen-bond donors (Lipinski definition) is 1. The molecule has 13 heavy (non-hydrogen) atoms. The van der Waals surface area contributed by atoms with Crippen molar-refractivity contribution >= 4 is 0 Å². The van der Waals surface area contributed by atoms with Crippen LogP contribution in [0.15, 0.2) is 12.3 Å². The van der Waals surface area contributed by atoms with E-state index in [1.165, 1.54) is 0 Å². The lowest BCUT2D eigenvalue weighted by Crippen LogP contribution is -2.16. The van der Waals surface area contributed by atoms with Crippen molar-refractivity contribution in [2.75, 3.05) is 0 Å². The maximum absolute atomic E-state index is 9.67. The predicted octanol–water partition coefficient (Wildman–Crippen LogP) is 2.47. The molecule has 0 unspecified atom stereocenters. The highest BCUT2D eigenvalue weighted by Crippen LogP contribution is 2.37. The molecule has 0 aliphatic heterocycles. The molecule has 2 rings (SSSR count). The molecule has 2 heteroatoms. The number of fused-ring (bicyclic) bond motifs is 1. The van der Waals surface area contributed by atoms with Crippen LogP contribution in [0.25, 0.3) is 0 Å². The third kappa shape index (κ3) is 1.41. The molecule has 70 valence electrons. The SMILES string of the molecule is C[C@H]1Cc2nccc(O)c2[C@H](C)C1. The molecule has 2 nitrogen and oxygen atoms in total. The quantitative estimate of drug-likeness (QED) is 0.660. The van der Waals surface area contributed by atoms with Gasteiger partial charge in [-0.3, -0.25) is 4.98 Å². The molecule has 1 N–H and O–H groups in total. The van der Waals surface area contributed by atoms with E-state index >= 15 is 0 Å².